The Balaban J connectivity index is 0.000000980. The molecule has 4 heteroatoms. The summed E-state index contributed by atoms with van der Waals surface area (Å²) in [5.74, 6) is 1.71. The van der Waals surface area contributed by atoms with Crippen molar-refractivity contribution in [1.29, 1.82) is 0 Å². The van der Waals surface area contributed by atoms with E-state index in [1.54, 1.807) is 0 Å². The SMILES string of the molecule is CNCc1ccc2c(c1)OCCO2.Cl. The molecule has 0 atom stereocenters. The lowest BCUT2D eigenvalue weighted by atomic mass is 10.2. The van der Waals surface area contributed by atoms with Crippen LogP contribution >= 0.6 is 12.4 Å². The quantitative estimate of drug-likeness (QED) is 0.813. The molecule has 0 aliphatic carbocycles. The van der Waals surface area contributed by atoms with E-state index in [9.17, 15) is 0 Å². The van der Waals surface area contributed by atoms with E-state index in [1.807, 2.05) is 25.2 Å². The number of fused-ring (bicyclic) bond motifs is 1. The maximum Gasteiger partial charge on any atom is 0.161 e. The summed E-state index contributed by atoms with van der Waals surface area (Å²) in [7, 11) is 1.93. The summed E-state index contributed by atoms with van der Waals surface area (Å²) >= 11 is 0. The number of nitrogens with one attached hydrogen (secondary N) is 1. The molecule has 0 aromatic heterocycles. The van der Waals surface area contributed by atoms with Gasteiger partial charge in [0, 0.05) is 6.54 Å². The largest absolute Gasteiger partial charge is 0.486 e. The van der Waals surface area contributed by atoms with Crippen molar-refractivity contribution in [2.24, 2.45) is 0 Å². The van der Waals surface area contributed by atoms with E-state index in [-0.39, 0.29) is 12.4 Å². The third kappa shape index (κ3) is 2.30. The second kappa shape index (κ2) is 5.08. The fraction of sp³-hybridized carbons (Fsp3) is 0.400. The molecule has 0 saturated heterocycles. The zero-order valence-electron chi connectivity index (χ0n) is 8.08. The first-order valence-electron chi connectivity index (χ1n) is 4.43. The molecule has 0 amide bonds. The Morgan fingerprint density at radius 3 is 2.64 bits per heavy atom. The van der Waals surface area contributed by atoms with Crippen molar-refractivity contribution >= 4 is 12.4 Å². The van der Waals surface area contributed by atoms with Gasteiger partial charge in [0.25, 0.3) is 0 Å². The van der Waals surface area contributed by atoms with Crippen molar-refractivity contribution in [2.75, 3.05) is 20.3 Å². The Morgan fingerprint density at radius 2 is 1.93 bits per heavy atom. The van der Waals surface area contributed by atoms with Crippen LogP contribution in [0.5, 0.6) is 11.5 Å². The highest BCUT2D eigenvalue weighted by Gasteiger charge is 2.10. The second-order valence-electron chi connectivity index (χ2n) is 3.01. The lowest BCUT2D eigenvalue weighted by Crippen LogP contribution is -2.15. The van der Waals surface area contributed by atoms with Gasteiger partial charge in [-0.25, -0.2) is 0 Å². The van der Waals surface area contributed by atoms with Crippen molar-refractivity contribution in [3.05, 3.63) is 23.8 Å². The highest BCUT2D eigenvalue weighted by molar-refractivity contribution is 5.85. The van der Waals surface area contributed by atoms with Crippen LogP contribution in [0.2, 0.25) is 0 Å². The molecular weight excluding hydrogens is 202 g/mol. The van der Waals surface area contributed by atoms with Crippen LogP contribution < -0.4 is 14.8 Å². The van der Waals surface area contributed by atoms with Gasteiger partial charge in [0.1, 0.15) is 13.2 Å². The first-order valence-corrected chi connectivity index (χ1v) is 4.43. The molecule has 14 heavy (non-hydrogen) atoms. The predicted octanol–water partition coefficient (Wildman–Crippen LogP) is 1.60. The van der Waals surface area contributed by atoms with E-state index in [4.69, 9.17) is 9.47 Å². The summed E-state index contributed by atoms with van der Waals surface area (Å²) < 4.78 is 10.9. The van der Waals surface area contributed by atoms with Crippen molar-refractivity contribution in [3.63, 3.8) is 0 Å². The van der Waals surface area contributed by atoms with Crippen LogP contribution in [-0.4, -0.2) is 20.3 Å². The summed E-state index contributed by atoms with van der Waals surface area (Å²) in [6.07, 6.45) is 0. The van der Waals surface area contributed by atoms with Crippen LogP contribution in [0.25, 0.3) is 0 Å². The van der Waals surface area contributed by atoms with Gasteiger partial charge in [-0.3, -0.25) is 0 Å². The second-order valence-corrected chi connectivity index (χ2v) is 3.01. The third-order valence-electron chi connectivity index (χ3n) is 1.99. The molecule has 1 heterocycles. The molecule has 0 radical (unpaired) electrons. The van der Waals surface area contributed by atoms with Crippen LogP contribution in [0.4, 0.5) is 0 Å². The molecule has 0 bridgehead atoms. The molecule has 1 aromatic carbocycles. The van der Waals surface area contributed by atoms with E-state index in [2.05, 4.69) is 5.32 Å². The van der Waals surface area contributed by atoms with Gasteiger partial charge in [-0.05, 0) is 24.7 Å². The molecule has 1 aliphatic heterocycles. The lowest BCUT2D eigenvalue weighted by molar-refractivity contribution is 0.171. The molecule has 1 N–H and O–H groups in total. The van der Waals surface area contributed by atoms with Gasteiger partial charge in [0.2, 0.25) is 0 Å². The van der Waals surface area contributed by atoms with Crippen molar-refractivity contribution in [1.82, 2.24) is 5.32 Å². The molecule has 0 saturated carbocycles. The van der Waals surface area contributed by atoms with E-state index in [0.29, 0.717) is 13.2 Å². The number of benzene rings is 1. The van der Waals surface area contributed by atoms with Crippen molar-refractivity contribution in [3.8, 4) is 11.5 Å². The average molecular weight is 216 g/mol. The van der Waals surface area contributed by atoms with Crippen molar-refractivity contribution < 1.29 is 9.47 Å². The number of hydrogen-bond acceptors (Lipinski definition) is 3. The molecule has 0 unspecified atom stereocenters. The highest BCUT2D eigenvalue weighted by atomic mass is 35.5. The number of ether oxygens (including phenoxy) is 2. The van der Waals surface area contributed by atoms with E-state index >= 15 is 0 Å². The molecule has 3 nitrogen and oxygen atoms in total. The van der Waals surface area contributed by atoms with E-state index < -0.39 is 0 Å². The normalized spacial score (nSPS) is 13.2. The number of halogens is 1. The van der Waals surface area contributed by atoms with Gasteiger partial charge < -0.3 is 14.8 Å². The summed E-state index contributed by atoms with van der Waals surface area (Å²) in [6, 6.07) is 6.02. The first kappa shape index (κ1) is 11.1. The summed E-state index contributed by atoms with van der Waals surface area (Å²) in [4.78, 5) is 0. The van der Waals surface area contributed by atoms with Gasteiger partial charge in [-0.2, -0.15) is 0 Å². The molecule has 0 spiro atoms. The molecular formula is C10H14ClNO2. The third-order valence-corrected chi connectivity index (χ3v) is 1.99. The fourth-order valence-corrected chi connectivity index (χ4v) is 1.40. The Bertz CT molecular complexity index is 304. The zero-order valence-corrected chi connectivity index (χ0v) is 8.89. The Hall–Kier alpha value is -0.930. The van der Waals surface area contributed by atoms with Crippen LogP contribution in [-0.2, 0) is 6.54 Å². The molecule has 0 fully saturated rings. The van der Waals surface area contributed by atoms with Gasteiger partial charge in [-0.1, -0.05) is 6.07 Å². The molecule has 1 aliphatic rings. The molecule has 78 valence electrons. The Morgan fingerprint density at radius 1 is 1.21 bits per heavy atom. The van der Waals surface area contributed by atoms with E-state index in [1.165, 1.54) is 5.56 Å². The maximum atomic E-state index is 5.46. The predicted molar refractivity (Wildman–Crippen MR) is 57.4 cm³/mol. The molecule has 2 rings (SSSR count). The highest BCUT2D eigenvalue weighted by Crippen LogP contribution is 2.30. The van der Waals surface area contributed by atoms with Gasteiger partial charge in [0.15, 0.2) is 11.5 Å². The molecule has 1 aromatic rings. The maximum absolute atomic E-state index is 5.46. The summed E-state index contributed by atoms with van der Waals surface area (Å²) in [6.45, 7) is 2.16. The van der Waals surface area contributed by atoms with Crippen LogP contribution in [0.3, 0.4) is 0 Å². The first-order chi connectivity index (χ1) is 6.40. The number of hydrogen-bond donors (Lipinski definition) is 1. The zero-order chi connectivity index (χ0) is 9.10. The Kier molecular flexibility index (Phi) is 4.04. The van der Waals surface area contributed by atoms with Gasteiger partial charge in [0.05, 0.1) is 0 Å². The minimum atomic E-state index is 0. The smallest absolute Gasteiger partial charge is 0.161 e. The minimum Gasteiger partial charge on any atom is -0.486 e. The van der Waals surface area contributed by atoms with E-state index in [0.717, 1.165) is 18.0 Å². The topological polar surface area (TPSA) is 30.5 Å². The number of rotatable bonds is 2. The van der Waals surface area contributed by atoms with Crippen LogP contribution in [0.15, 0.2) is 18.2 Å². The Labute approximate surface area is 89.8 Å². The standard InChI is InChI=1S/C10H13NO2.ClH/c1-11-7-8-2-3-9-10(6-8)13-5-4-12-9;/h2-3,6,11H,4-5,7H2,1H3;1H. The van der Waals surface area contributed by atoms with Gasteiger partial charge >= 0.3 is 0 Å². The van der Waals surface area contributed by atoms with Crippen LogP contribution in [0.1, 0.15) is 5.56 Å². The lowest BCUT2D eigenvalue weighted by Gasteiger charge is -2.18. The minimum absolute atomic E-state index is 0. The fourth-order valence-electron chi connectivity index (χ4n) is 1.40. The van der Waals surface area contributed by atoms with Crippen LogP contribution in [0, 0.1) is 0 Å². The monoisotopic (exact) mass is 215 g/mol. The summed E-state index contributed by atoms with van der Waals surface area (Å²) in [5, 5.41) is 3.09. The average Bonchev–Trinajstić information content (AvgIpc) is 2.18. The van der Waals surface area contributed by atoms with Crippen molar-refractivity contribution in [2.45, 2.75) is 6.54 Å². The summed E-state index contributed by atoms with van der Waals surface area (Å²) in [5.41, 5.74) is 1.21. The van der Waals surface area contributed by atoms with Gasteiger partial charge in [-0.15, -0.1) is 12.4 Å².